The Morgan fingerprint density at radius 1 is 1.17 bits per heavy atom. The lowest BCUT2D eigenvalue weighted by Crippen LogP contribution is -2.46. The smallest absolute Gasteiger partial charge is 0.318 e. The molecule has 2 heterocycles. The molecule has 1 unspecified atom stereocenters. The monoisotopic (exact) mass is 352 g/mol. The van der Waals surface area contributed by atoms with Crippen LogP contribution in [0.15, 0.2) is 24.3 Å². The standard InChI is InChI=1S/C17H24N4O2.ClH/c18-9-13-5-7-20(11-13)16(22)10-19-17(23)21-8-6-14-3-1-2-4-15(14)12-21;/h1-4,13H,5-12,18H2,(H,19,23);1H. The number of amides is 3. The minimum atomic E-state index is -0.164. The molecule has 0 radical (unpaired) electrons. The molecule has 0 aromatic heterocycles. The van der Waals surface area contributed by atoms with Crippen LogP contribution >= 0.6 is 12.4 Å². The molecule has 7 heteroatoms. The molecule has 2 aliphatic rings. The summed E-state index contributed by atoms with van der Waals surface area (Å²) >= 11 is 0. The highest BCUT2D eigenvalue weighted by atomic mass is 35.5. The Hall–Kier alpha value is -1.79. The Kier molecular flexibility index (Phi) is 6.45. The number of benzene rings is 1. The van der Waals surface area contributed by atoms with E-state index in [9.17, 15) is 9.59 Å². The first-order chi connectivity index (χ1) is 11.2. The van der Waals surface area contributed by atoms with Crippen LogP contribution in [0.3, 0.4) is 0 Å². The first-order valence-electron chi connectivity index (χ1n) is 8.24. The second-order valence-corrected chi connectivity index (χ2v) is 6.33. The van der Waals surface area contributed by atoms with Gasteiger partial charge in [0, 0.05) is 26.2 Å². The van der Waals surface area contributed by atoms with Crippen molar-refractivity contribution in [2.24, 2.45) is 11.7 Å². The van der Waals surface area contributed by atoms with Gasteiger partial charge in [-0.25, -0.2) is 4.79 Å². The van der Waals surface area contributed by atoms with Gasteiger partial charge in [-0.05, 0) is 36.4 Å². The topological polar surface area (TPSA) is 78.7 Å². The second-order valence-electron chi connectivity index (χ2n) is 6.33. The minimum absolute atomic E-state index is 0. The number of carbonyl (C=O) groups excluding carboxylic acids is 2. The third-order valence-electron chi connectivity index (χ3n) is 4.78. The molecule has 1 saturated heterocycles. The number of hydrogen-bond acceptors (Lipinski definition) is 3. The van der Waals surface area contributed by atoms with E-state index >= 15 is 0 Å². The van der Waals surface area contributed by atoms with Crippen molar-refractivity contribution in [3.05, 3.63) is 35.4 Å². The number of nitrogens with one attached hydrogen (secondary N) is 1. The normalized spacial score (nSPS) is 19.5. The summed E-state index contributed by atoms with van der Waals surface area (Å²) in [5.41, 5.74) is 8.13. The van der Waals surface area contributed by atoms with Gasteiger partial charge in [-0.1, -0.05) is 24.3 Å². The molecule has 1 aromatic rings. The van der Waals surface area contributed by atoms with E-state index in [1.54, 1.807) is 9.80 Å². The van der Waals surface area contributed by atoms with Gasteiger partial charge in [-0.15, -0.1) is 12.4 Å². The number of hydrogen-bond donors (Lipinski definition) is 2. The van der Waals surface area contributed by atoms with Crippen molar-refractivity contribution in [3.63, 3.8) is 0 Å². The Bertz CT molecular complexity index is 596. The number of urea groups is 1. The highest BCUT2D eigenvalue weighted by Crippen LogP contribution is 2.18. The van der Waals surface area contributed by atoms with Crippen molar-refractivity contribution in [1.82, 2.24) is 15.1 Å². The molecule has 1 aromatic carbocycles. The predicted molar refractivity (Wildman–Crippen MR) is 94.9 cm³/mol. The van der Waals surface area contributed by atoms with E-state index in [2.05, 4.69) is 17.4 Å². The van der Waals surface area contributed by atoms with Crippen LogP contribution < -0.4 is 11.1 Å². The summed E-state index contributed by atoms with van der Waals surface area (Å²) < 4.78 is 0. The van der Waals surface area contributed by atoms with Crippen LogP contribution in [0.1, 0.15) is 17.5 Å². The second kappa shape index (κ2) is 8.35. The quantitative estimate of drug-likeness (QED) is 0.851. The zero-order valence-corrected chi connectivity index (χ0v) is 14.6. The van der Waals surface area contributed by atoms with Crippen LogP contribution in [0.2, 0.25) is 0 Å². The summed E-state index contributed by atoms with van der Waals surface area (Å²) in [5, 5.41) is 2.76. The first kappa shape index (κ1) is 18.5. The highest BCUT2D eigenvalue weighted by Gasteiger charge is 2.26. The molecule has 6 nitrogen and oxygen atoms in total. The Morgan fingerprint density at radius 3 is 2.62 bits per heavy atom. The summed E-state index contributed by atoms with van der Waals surface area (Å²) in [4.78, 5) is 28.0. The molecule has 2 aliphatic heterocycles. The summed E-state index contributed by atoms with van der Waals surface area (Å²) in [5.74, 6) is 0.375. The number of likely N-dealkylation sites (tertiary alicyclic amines) is 1. The van der Waals surface area contributed by atoms with Gasteiger partial charge in [-0.3, -0.25) is 4.79 Å². The van der Waals surface area contributed by atoms with E-state index in [4.69, 9.17) is 5.73 Å². The third-order valence-corrected chi connectivity index (χ3v) is 4.78. The largest absolute Gasteiger partial charge is 0.341 e. The van der Waals surface area contributed by atoms with Gasteiger partial charge in [0.1, 0.15) is 0 Å². The number of carbonyl (C=O) groups is 2. The van der Waals surface area contributed by atoms with Crippen LogP contribution in [0.25, 0.3) is 0 Å². The molecule has 1 fully saturated rings. The van der Waals surface area contributed by atoms with Crippen molar-refractivity contribution >= 4 is 24.3 Å². The van der Waals surface area contributed by atoms with Gasteiger partial charge < -0.3 is 20.9 Å². The Balaban J connectivity index is 0.00000208. The molecule has 132 valence electrons. The molecule has 0 bridgehead atoms. The summed E-state index contributed by atoms with van der Waals surface area (Å²) in [7, 11) is 0. The molecular formula is C17H25ClN4O2. The van der Waals surface area contributed by atoms with Crippen LogP contribution in [0.4, 0.5) is 4.79 Å². The SMILES string of the molecule is Cl.NCC1CCN(C(=O)CNC(=O)N2CCc3ccccc3C2)C1. The average Bonchev–Trinajstić information content (AvgIpc) is 3.08. The van der Waals surface area contributed by atoms with E-state index in [-0.39, 0.29) is 30.9 Å². The van der Waals surface area contributed by atoms with Gasteiger partial charge in [-0.2, -0.15) is 0 Å². The van der Waals surface area contributed by atoms with Crippen molar-refractivity contribution in [1.29, 1.82) is 0 Å². The molecule has 0 aliphatic carbocycles. The van der Waals surface area contributed by atoms with Crippen LogP contribution in [-0.4, -0.2) is 54.5 Å². The number of nitrogens with zero attached hydrogens (tertiary/aromatic N) is 2. The van der Waals surface area contributed by atoms with E-state index in [0.29, 0.717) is 32.1 Å². The zero-order chi connectivity index (χ0) is 16.2. The third kappa shape index (κ3) is 4.19. The maximum Gasteiger partial charge on any atom is 0.318 e. The molecule has 24 heavy (non-hydrogen) atoms. The lowest BCUT2D eigenvalue weighted by molar-refractivity contribution is -0.129. The van der Waals surface area contributed by atoms with E-state index in [1.807, 2.05) is 12.1 Å². The maximum absolute atomic E-state index is 12.3. The summed E-state index contributed by atoms with van der Waals surface area (Å²) in [6.07, 6.45) is 1.82. The average molecular weight is 353 g/mol. The van der Waals surface area contributed by atoms with Crippen LogP contribution in [0, 0.1) is 5.92 Å². The molecule has 0 spiro atoms. The lowest BCUT2D eigenvalue weighted by atomic mass is 10.0. The van der Waals surface area contributed by atoms with E-state index in [1.165, 1.54) is 11.1 Å². The fourth-order valence-corrected chi connectivity index (χ4v) is 3.30. The summed E-state index contributed by atoms with van der Waals surface area (Å²) in [6.45, 7) is 3.43. The van der Waals surface area contributed by atoms with Gasteiger partial charge in [0.05, 0.1) is 6.54 Å². The van der Waals surface area contributed by atoms with Crippen molar-refractivity contribution in [2.75, 3.05) is 32.7 Å². The van der Waals surface area contributed by atoms with Crippen LogP contribution in [0.5, 0.6) is 0 Å². The minimum Gasteiger partial charge on any atom is -0.341 e. The molecule has 3 N–H and O–H groups in total. The first-order valence-corrected chi connectivity index (χ1v) is 8.24. The van der Waals surface area contributed by atoms with Gasteiger partial charge in [0.2, 0.25) is 5.91 Å². The van der Waals surface area contributed by atoms with Gasteiger partial charge in [0.15, 0.2) is 0 Å². The predicted octanol–water partition coefficient (Wildman–Crippen LogP) is 0.983. The number of rotatable bonds is 3. The highest BCUT2D eigenvalue weighted by molar-refractivity contribution is 5.85. The molecular weight excluding hydrogens is 328 g/mol. The summed E-state index contributed by atoms with van der Waals surface area (Å²) in [6, 6.07) is 8.01. The Morgan fingerprint density at radius 2 is 1.92 bits per heavy atom. The molecule has 0 saturated carbocycles. The number of halogens is 1. The van der Waals surface area contributed by atoms with E-state index in [0.717, 1.165) is 19.4 Å². The van der Waals surface area contributed by atoms with Crippen molar-refractivity contribution < 1.29 is 9.59 Å². The van der Waals surface area contributed by atoms with E-state index < -0.39 is 0 Å². The fourth-order valence-electron chi connectivity index (χ4n) is 3.30. The molecule has 1 atom stereocenters. The number of nitrogens with two attached hydrogens (primary N) is 1. The Labute approximate surface area is 148 Å². The fraction of sp³-hybridized carbons (Fsp3) is 0.529. The molecule has 3 rings (SSSR count). The zero-order valence-electron chi connectivity index (χ0n) is 13.7. The molecule has 3 amide bonds. The van der Waals surface area contributed by atoms with Crippen molar-refractivity contribution in [3.8, 4) is 0 Å². The van der Waals surface area contributed by atoms with Crippen LogP contribution in [-0.2, 0) is 17.8 Å². The number of fused-ring (bicyclic) bond motifs is 1. The van der Waals surface area contributed by atoms with Gasteiger partial charge >= 0.3 is 6.03 Å². The lowest BCUT2D eigenvalue weighted by Gasteiger charge is -2.29. The van der Waals surface area contributed by atoms with Crippen molar-refractivity contribution in [2.45, 2.75) is 19.4 Å². The van der Waals surface area contributed by atoms with Gasteiger partial charge in [0.25, 0.3) is 0 Å². The maximum atomic E-state index is 12.3.